The van der Waals surface area contributed by atoms with Gasteiger partial charge in [0, 0.05) is 17.3 Å². The fraction of sp³-hybridized carbons (Fsp3) is 0.286. The maximum Gasteiger partial charge on any atom is 0.329 e. The van der Waals surface area contributed by atoms with Gasteiger partial charge in [-0.05, 0) is 35.7 Å². The molecular formula is C21H24ClN3O4. The van der Waals surface area contributed by atoms with Gasteiger partial charge in [-0.25, -0.2) is 9.59 Å². The molecule has 0 aromatic heterocycles. The molecule has 2 aromatic rings. The number of benzene rings is 2. The Morgan fingerprint density at radius 3 is 2.41 bits per heavy atom. The standard InChI is InChI=1S/C21H24ClN3O4/c1-14(2)19(25-21(28)24-17-9-4-3-5-10-17)20(27)29-13-18(26)23-12-15-7-6-8-16(22)11-15/h3-11,14,19H,12-13H2,1-2H3,(H,23,26)(H2,24,25,28)/t19-/m0/s1. The van der Waals surface area contributed by atoms with E-state index in [1.165, 1.54) is 0 Å². The normalized spacial score (nSPS) is 11.4. The zero-order chi connectivity index (χ0) is 21.2. The molecule has 2 rings (SSSR count). The third-order valence-corrected chi connectivity index (χ3v) is 4.20. The lowest BCUT2D eigenvalue weighted by Crippen LogP contribution is -2.47. The van der Waals surface area contributed by atoms with Crippen LogP contribution in [0.4, 0.5) is 10.5 Å². The summed E-state index contributed by atoms with van der Waals surface area (Å²) in [5.41, 5.74) is 1.43. The third kappa shape index (κ3) is 7.83. The summed E-state index contributed by atoms with van der Waals surface area (Å²) in [6.45, 7) is 3.37. The SMILES string of the molecule is CC(C)[C@H](NC(=O)Nc1ccccc1)C(=O)OCC(=O)NCc1cccc(Cl)c1. The van der Waals surface area contributed by atoms with Crippen LogP contribution < -0.4 is 16.0 Å². The van der Waals surface area contributed by atoms with Crippen molar-refractivity contribution >= 4 is 35.2 Å². The fourth-order valence-electron chi connectivity index (χ4n) is 2.45. The molecule has 0 radical (unpaired) electrons. The van der Waals surface area contributed by atoms with Gasteiger partial charge in [-0.2, -0.15) is 0 Å². The van der Waals surface area contributed by atoms with E-state index in [1.807, 2.05) is 12.1 Å². The maximum absolute atomic E-state index is 12.3. The van der Waals surface area contributed by atoms with Crippen molar-refractivity contribution in [3.63, 3.8) is 0 Å². The number of carbonyl (C=O) groups is 3. The van der Waals surface area contributed by atoms with Gasteiger partial charge in [-0.3, -0.25) is 4.79 Å². The molecule has 0 bridgehead atoms. The first-order valence-corrected chi connectivity index (χ1v) is 9.53. The van der Waals surface area contributed by atoms with Crippen LogP contribution in [0.25, 0.3) is 0 Å². The molecule has 3 amide bonds. The van der Waals surface area contributed by atoms with Crippen molar-refractivity contribution in [2.45, 2.75) is 26.4 Å². The van der Waals surface area contributed by atoms with Gasteiger partial charge in [0.15, 0.2) is 6.61 Å². The van der Waals surface area contributed by atoms with Crippen LogP contribution in [0.2, 0.25) is 5.02 Å². The van der Waals surface area contributed by atoms with E-state index < -0.39 is 30.6 Å². The molecule has 0 unspecified atom stereocenters. The average molecular weight is 418 g/mol. The molecule has 0 aliphatic heterocycles. The number of anilines is 1. The van der Waals surface area contributed by atoms with Crippen LogP contribution >= 0.6 is 11.6 Å². The van der Waals surface area contributed by atoms with Gasteiger partial charge >= 0.3 is 12.0 Å². The zero-order valence-electron chi connectivity index (χ0n) is 16.3. The summed E-state index contributed by atoms with van der Waals surface area (Å²) in [5.74, 6) is -1.35. The largest absolute Gasteiger partial charge is 0.454 e. The Morgan fingerprint density at radius 1 is 1.03 bits per heavy atom. The van der Waals surface area contributed by atoms with Crippen molar-refractivity contribution < 1.29 is 19.1 Å². The van der Waals surface area contributed by atoms with Gasteiger partial charge in [0.2, 0.25) is 0 Å². The number of halogens is 1. The van der Waals surface area contributed by atoms with E-state index >= 15 is 0 Å². The predicted octanol–water partition coefficient (Wildman–Crippen LogP) is 3.35. The summed E-state index contributed by atoms with van der Waals surface area (Å²) in [5, 5.41) is 8.44. The summed E-state index contributed by atoms with van der Waals surface area (Å²) in [6, 6.07) is 14.5. The summed E-state index contributed by atoms with van der Waals surface area (Å²) < 4.78 is 5.07. The molecule has 3 N–H and O–H groups in total. The highest BCUT2D eigenvalue weighted by Crippen LogP contribution is 2.10. The Kier molecular flexibility index (Phi) is 8.48. The van der Waals surface area contributed by atoms with Crippen LogP contribution in [-0.4, -0.2) is 30.6 Å². The van der Waals surface area contributed by atoms with E-state index in [4.69, 9.17) is 16.3 Å². The number of amides is 3. The monoisotopic (exact) mass is 417 g/mol. The second kappa shape index (κ2) is 11.1. The topological polar surface area (TPSA) is 96.5 Å². The Bertz CT molecular complexity index is 843. The zero-order valence-corrected chi connectivity index (χ0v) is 17.0. The molecule has 0 aliphatic carbocycles. The number of carbonyl (C=O) groups excluding carboxylic acids is 3. The lowest BCUT2D eigenvalue weighted by Gasteiger charge is -2.21. The predicted molar refractivity (Wildman–Crippen MR) is 111 cm³/mol. The first-order valence-electron chi connectivity index (χ1n) is 9.15. The average Bonchev–Trinajstić information content (AvgIpc) is 2.69. The lowest BCUT2D eigenvalue weighted by atomic mass is 10.1. The number of hydrogen-bond donors (Lipinski definition) is 3. The molecule has 0 aliphatic rings. The molecule has 0 spiro atoms. The first kappa shape index (κ1) is 22.2. The molecule has 0 fully saturated rings. The van der Waals surface area contributed by atoms with Crippen LogP contribution in [0.5, 0.6) is 0 Å². The number of rotatable bonds is 8. The Labute approximate surface area is 174 Å². The fourth-order valence-corrected chi connectivity index (χ4v) is 2.67. The molecule has 0 saturated heterocycles. The number of para-hydroxylation sites is 1. The van der Waals surface area contributed by atoms with Crippen molar-refractivity contribution in [2.24, 2.45) is 5.92 Å². The lowest BCUT2D eigenvalue weighted by molar-refractivity contribution is -0.151. The third-order valence-electron chi connectivity index (χ3n) is 3.96. The smallest absolute Gasteiger partial charge is 0.329 e. The molecule has 29 heavy (non-hydrogen) atoms. The minimum absolute atomic E-state index is 0.224. The van der Waals surface area contributed by atoms with Crippen LogP contribution in [0.3, 0.4) is 0 Å². The number of ether oxygens (including phenoxy) is 1. The molecule has 0 heterocycles. The number of esters is 1. The highest BCUT2D eigenvalue weighted by Gasteiger charge is 2.26. The Hall–Kier alpha value is -3.06. The Balaban J connectivity index is 1.80. The van der Waals surface area contributed by atoms with E-state index in [0.717, 1.165) is 5.56 Å². The second-order valence-corrected chi connectivity index (χ2v) is 7.14. The first-order chi connectivity index (χ1) is 13.8. The van der Waals surface area contributed by atoms with E-state index in [-0.39, 0.29) is 12.5 Å². The van der Waals surface area contributed by atoms with Gasteiger partial charge in [0.05, 0.1) is 0 Å². The highest BCUT2D eigenvalue weighted by molar-refractivity contribution is 6.30. The number of hydrogen-bond acceptors (Lipinski definition) is 4. The minimum atomic E-state index is -0.889. The van der Waals surface area contributed by atoms with Crippen molar-refractivity contribution in [1.82, 2.24) is 10.6 Å². The van der Waals surface area contributed by atoms with Crippen LogP contribution in [-0.2, 0) is 20.9 Å². The van der Waals surface area contributed by atoms with Gasteiger partial charge < -0.3 is 20.7 Å². The van der Waals surface area contributed by atoms with Gasteiger partial charge in [-0.15, -0.1) is 0 Å². The highest BCUT2D eigenvalue weighted by atomic mass is 35.5. The van der Waals surface area contributed by atoms with E-state index in [0.29, 0.717) is 10.7 Å². The molecule has 154 valence electrons. The van der Waals surface area contributed by atoms with Crippen molar-refractivity contribution in [1.29, 1.82) is 0 Å². The van der Waals surface area contributed by atoms with E-state index in [9.17, 15) is 14.4 Å². The molecular weight excluding hydrogens is 394 g/mol. The van der Waals surface area contributed by atoms with Gasteiger partial charge in [0.25, 0.3) is 5.91 Å². The van der Waals surface area contributed by atoms with E-state index in [2.05, 4.69) is 16.0 Å². The van der Waals surface area contributed by atoms with E-state index in [1.54, 1.807) is 56.3 Å². The molecule has 2 aromatic carbocycles. The van der Waals surface area contributed by atoms with Crippen LogP contribution in [0.1, 0.15) is 19.4 Å². The van der Waals surface area contributed by atoms with Crippen molar-refractivity contribution in [3.8, 4) is 0 Å². The summed E-state index contributed by atoms with van der Waals surface area (Å²) in [4.78, 5) is 36.4. The van der Waals surface area contributed by atoms with Gasteiger partial charge in [0.1, 0.15) is 6.04 Å². The van der Waals surface area contributed by atoms with Crippen molar-refractivity contribution in [2.75, 3.05) is 11.9 Å². The molecule has 7 nitrogen and oxygen atoms in total. The van der Waals surface area contributed by atoms with Gasteiger partial charge in [-0.1, -0.05) is 55.8 Å². The minimum Gasteiger partial charge on any atom is -0.454 e. The number of nitrogens with one attached hydrogen (secondary N) is 3. The van der Waals surface area contributed by atoms with Crippen LogP contribution in [0.15, 0.2) is 54.6 Å². The summed E-state index contributed by atoms with van der Waals surface area (Å²) in [7, 11) is 0. The second-order valence-electron chi connectivity index (χ2n) is 6.70. The maximum atomic E-state index is 12.3. The molecule has 1 atom stereocenters. The van der Waals surface area contributed by atoms with Crippen molar-refractivity contribution in [3.05, 3.63) is 65.2 Å². The number of urea groups is 1. The quantitative estimate of drug-likeness (QED) is 0.574. The summed E-state index contributed by atoms with van der Waals surface area (Å²) >= 11 is 5.90. The molecule has 8 heteroatoms. The Morgan fingerprint density at radius 2 is 1.76 bits per heavy atom. The van der Waals surface area contributed by atoms with Crippen LogP contribution in [0, 0.1) is 5.92 Å². The molecule has 0 saturated carbocycles. The summed E-state index contributed by atoms with van der Waals surface area (Å²) in [6.07, 6.45) is 0.